The van der Waals surface area contributed by atoms with Crippen molar-refractivity contribution >= 4 is 23.2 Å². The van der Waals surface area contributed by atoms with Crippen LogP contribution in [0.5, 0.6) is 5.75 Å². The molecule has 0 aliphatic carbocycles. The zero-order chi connectivity index (χ0) is 19.8. The van der Waals surface area contributed by atoms with Crippen LogP contribution in [-0.4, -0.2) is 31.5 Å². The van der Waals surface area contributed by atoms with E-state index in [1.807, 2.05) is 6.07 Å². The molecule has 0 fully saturated rings. The predicted octanol–water partition coefficient (Wildman–Crippen LogP) is 4.89. The summed E-state index contributed by atoms with van der Waals surface area (Å²) in [6, 6.07) is 9.27. The van der Waals surface area contributed by atoms with Gasteiger partial charge in [-0.05, 0) is 54.4 Å². The first-order chi connectivity index (χ1) is 12.8. The van der Waals surface area contributed by atoms with E-state index >= 15 is 0 Å². The lowest BCUT2D eigenvalue weighted by molar-refractivity contribution is 0.102. The number of nitrogens with zero attached hydrogens (tertiary/aromatic N) is 1. The highest BCUT2D eigenvalue weighted by molar-refractivity contribution is 6.32. The standard InChI is InChI=1S/C22H27ClN2O2/c1-6-15-16-12-25(4)13-22(2,3)17(16)8-9-19(15)24-21(26)14-7-10-20(27-5)18(23)11-14/h7-11H,6,12-13H2,1-5H3,(H,24,26). The molecule has 0 aromatic heterocycles. The lowest BCUT2D eigenvalue weighted by atomic mass is 9.76. The molecule has 0 spiro atoms. The highest BCUT2D eigenvalue weighted by Gasteiger charge is 2.32. The van der Waals surface area contributed by atoms with Gasteiger partial charge in [0.2, 0.25) is 0 Å². The molecule has 4 nitrogen and oxygen atoms in total. The molecular formula is C22H27ClN2O2. The van der Waals surface area contributed by atoms with Crippen molar-refractivity contribution in [2.24, 2.45) is 0 Å². The molecule has 144 valence electrons. The highest BCUT2D eigenvalue weighted by atomic mass is 35.5. The molecule has 0 saturated carbocycles. The van der Waals surface area contributed by atoms with Crippen molar-refractivity contribution in [3.05, 3.63) is 57.6 Å². The maximum absolute atomic E-state index is 12.8. The molecule has 1 aliphatic heterocycles. The fourth-order valence-electron chi connectivity index (χ4n) is 4.12. The van der Waals surface area contributed by atoms with Gasteiger partial charge in [-0.1, -0.05) is 38.4 Å². The maximum atomic E-state index is 12.8. The number of fused-ring (bicyclic) bond motifs is 1. The number of methoxy groups -OCH3 is 1. The van der Waals surface area contributed by atoms with E-state index in [2.05, 4.69) is 44.1 Å². The molecule has 5 heteroatoms. The number of halogens is 1. The maximum Gasteiger partial charge on any atom is 0.255 e. The van der Waals surface area contributed by atoms with Crippen molar-refractivity contribution in [1.82, 2.24) is 4.90 Å². The van der Waals surface area contributed by atoms with Crippen LogP contribution in [0.25, 0.3) is 0 Å². The summed E-state index contributed by atoms with van der Waals surface area (Å²) in [5, 5.41) is 3.50. The summed E-state index contributed by atoms with van der Waals surface area (Å²) in [4.78, 5) is 15.1. The van der Waals surface area contributed by atoms with Crippen molar-refractivity contribution in [3.8, 4) is 5.75 Å². The van der Waals surface area contributed by atoms with E-state index in [0.717, 1.165) is 25.2 Å². The minimum absolute atomic E-state index is 0.0955. The second-order valence-corrected chi connectivity index (χ2v) is 8.24. The van der Waals surface area contributed by atoms with E-state index in [1.54, 1.807) is 25.3 Å². The molecule has 2 aromatic carbocycles. The van der Waals surface area contributed by atoms with Crippen LogP contribution in [0.4, 0.5) is 5.69 Å². The van der Waals surface area contributed by atoms with Crippen LogP contribution in [0, 0.1) is 0 Å². The minimum Gasteiger partial charge on any atom is -0.495 e. The molecule has 0 atom stereocenters. The van der Waals surface area contributed by atoms with Gasteiger partial charge in [0, 0.05) is 29.8 Å². The summed E-state index contributed by atoms with van der Waals surface area (Å²) in [5.74, 6) is 0.388. The fraction of sp³-hybridized carbons (Fsp3) is 0.409. The number of rotatable bonds is 4. The van der Waals surface area contributed by atoms with Gasteiger partial charge < -0.3 is 15.0 Å². The van der Waals surface area contributed by atoms with Crippen LogP contribution in [0.2, 0.25) is 5.02 Å². The van der Waals surface area contributed by atoms with Crippen LogP contribution in [0.3, 0.4) is 0 Å². The molecule has 0 bridgehead atoms. The summed E-state index contributed by atoms with van der Waals surface area (Å²) in [6.45, 7) is 8.62. The molecule has 27 heavy (non-hydrogen) atoms. The van der Waals surface area contributed by atoms with Gasteiger partial charge in [0.1, 0.15) is 5.75 Å². The molecule has 1 amide bonds. The lowest BCUT2D eigenvalue weighted by Gasteiger charge is -2.39. The zero-order valence-electron chi connectivity index (χ0n) is 16.6. The SMILES string of the molecule is CCc1c(NC(=O)c2ccc(OC)c(Cl)c2)ccc2c1CN(C)CC2(C)C. The Balaban J connectivity index is 1.95. The number of likely N-dealkylation sites (N-methyl/N-ethyl adjacent to an activating group) is 1. The molecule has 1 aliphatic rings. The largest absolute Gasteiger partial charge is 0.495 e. The van der Waals surface area contributed by atoms with Crippen LogP contribution in [0.1, 0.15) is 47.8 Å². The Morgan fingerprint density at radius 2 is 2.04 bits per heavy atom. The number of anilines is 1. The van der Waals surface area contributed by atoms with Crippen LogP contribution in [-0.2, 0) is 18.4 Å². The van der Waals surface area contributed by atoms with Gasteiger partial charge in [-0.3, -0.25) is 4.79 Å². The molecule has 0 radical (unpaired) electrons. The highest BCUT2D eigenvalue weighted by Crippen LogP contribution is 2.37. The van der Waals surface area contributed by atoms with Gasteiger partial charge in [0.25, 0.3) is 5.91 Å². The molecule has 1 heterocycles. The summed E-state index contributed by atoms with van der Waals surface area (Å²) in [7, 11) is 3.70. The van der Waals surface area contributed by atoms with Gasteiger partial charge in [0.05, 0.1) is 12.1 Å². The Morgan fingerprint density at radius 3 is 2.67 bits per heavy atom. The lowest BCUT2D eigenvalue weighted by Crippen LogP contribution is -2.40. The normalized spacial score (nSPS) is 15.9. The number of hydrogen-bond donors (Lipinski definition) is 1. The van der Waals surface area contributed by atoms with E-state index in [9.17, 15) is 4.79 Å². The number of carbonyl (C=O) groups is 1. The average molecular weight is 387 g/mol. The number of nitrogens with one attached hydrogen (secondary N) is 1. The molecular weight excluding hydrogens is 360 g/mol. The van der Waals surface area contributed by atoms with Crippen LogP contribution < -0.4 is 10.1 Å². The number of amides is 1. The molecule has 3 rings (SSSR count). The first kappa shape index (κ1) is 19.7. The second kappa shape index (κ2) is 7.53. The first-order valence-electron chi connectivity index (χ1n) is 9.25. The Labute approximate surface area is 166 Å². The van der Waals surface area contributed by atoms with E-state index in [0.29, 0.717) is 16.3 Å². The monoisotopic (exact) mass is 386 g/mol. The van der Waals surface area contributed by atoms with Gasteiger partial charge in [-0.15, -0.1) is 0 Å². The number of ether oxygens (including phenoxy) is 1. The van der Waals surface area contributed by atoms with Crippen molar-refractivity contribution in [2.75, 3.05) is 26.0 Å². The fourth-order valence-corrected chi connectivity index (χ4v) is 4.37. The number of carbonyl (C=O) groups excluding carboxylic acids is 1. The van der Waals surface area contributed by atoms with E-state index in [1.165, 1.54) is 16.7 Å². The van der Waals surface area contributed by atoms with Gasteiger partial charge in [-0.2, -0.15) is 0 Å². The second-order valence-electron chi connectivity index (χ2n) is 7.83. The van der Waals surface area contributed by atoms with E-state index < -0.39 is 0 Å². The third kappa shape index (κ3) is 3.83. The average Bonchev–Trinajstić information content (AvgIpc) is 2.60. The van der Waals surface area contributed by atoms with E-state index in [4.69, 9.17) is 16.3 Å². The van der Waals surface area contributed by atoms with E-state index in [-0.39, 0.29) is 11.3 Å². The topological polar surface area (TPSA) is 41.6 Å². The Kier molecular flexibility index (Phi) is 5.50. The Hall–Kier alpha value is -2.04. The van der Waals surface area contributed by atoms with Crippen molar-refractivity contribution in [1.29, 1.82) is 0 Å². The molecule has 0 saturated heterocycles. The number of hydrogen-bond acceptors (Lipinski definition) is 3. The predicted molar refractivity (Wildman–Crippen MR) is 111 cm³/mol. The summed E-state index contributed by atoms with van der Waals surface area (Å²) < 4.78 is 5.16. The first-order valence-corrected chi connectivity index (χ1v) is 9.63. The van der Waals surface area contributed by atoms with Crippen molar-refractivity contribution in [2.45, 2.75) is 39.2 Å². The third-order valence-corrected chi connectivity index (χ3v) is 5.56. The third-order valence-electron chi connectivity index (χ3n) is 5.27. The minimum atomic E-state index is -0.169. The summed E-state index contributed by atoms with van der Waals surface area (Å²) in [5.41, 5.74) is 5.40. The molecule has 0 unspecified atom stereocenters. The number of benzene rings is 2. The van der Waals surface area contributed by atoms with Gasteiger partial charge >= 0.3 is 0 Å². The van der Waals surface area contributed by atoms with Gasteiger partial charge in [-0.25, -0.2) is 0 Å². The Morgan fingerprint density at radius 1 is 1.30 bits per heavy atom. The summed E-state index contributed by atoms with van der Waals surface area (Å²) in [6.07, 6.45) is 0.867. The summed E-state index contributed by atoms with van der Waals surface area (Å²) >= 11 is 6.17. The van der Waals surface area contributed by atoms with Gasteiger partial charge in [0.15, 0.2) is 0 Å². The smallest absolute Gasteiger partial charge is 0.255 e. The molecule has 2 aromatic rings. The molecule has 1 N–H and O–H groups in total. The van der Waals surface area contributed by atoms with Crippen molar-refractivity contribution < 1.29 is 9.53 Å². The quantitative estimate of drug-likeness (QED) is 0.813. The van der Waals surface area contributed by atoms with Crippen LogP contribution >= 0.6 is 11.6 Å². The zero-order valence-corrected chi connectivity index (χ0v) is 17.4. The van der Waals surface area contributed by atoms with Crippen LogP contribution in [0.15, 0.2) is 30.3 Å². The Bertz CT molecular complexity index is 877. The van der Waals surface area contributed by atoms with Crippen molar-refractivity contribution in [3.63, 3.8) is 0 Å².